The number of aromatic nitrogens is 2. The van der Waals surface area contributed by atoms with Crippen molar-refractivity contribution in [2.75, 3.05) is 5.32 Å². The molecule has 0 aromatic carbocycles. The van der Waals surface area contributed by atoms with Gasteiger partial charge in [-0.05, 0) is 24.3 Å². The monoisotopic (exact) mass is 283 g/mol. The Hall–Kier alpha value is -1.33. The van der Waals surface area contributed by atoms with Crippen molar-refractivity contribution in [2.24, 2.45) is 0 Å². The highest BCUT2D eigenvalue weighted by molar-refractivity contribution is 7.13. The number of anilines is 1. The quantitative estimate of drug-likeness (QED) is 0.900. The van der Waals surface area contributed by atoms with Crippen LogP contribution in [-0.2, 0) is 6.42 Å². The van der Waals surface area contributed by atoms with E-state index in [4.69, 9.17) is 11.6 Å². The van der Waals surface area contributed by atoms with E-state index >= 15 is 0 Å². The highest BCUT2D eigenvalue weighted by atomic mass is 35.5. The summed E-state index contributed by atoms with van der Waals surface area (Å²) in [6.07, 6.45) is 1.95. The van der Waals surface area contributed by atoms with Gasteiger partial charge in [-0.25, -0.2) is 0 Å². The number of carbonyl (C=O) groups excluding carboxylic acids is 1. The predicted molar refractivity (Wildman–Crippen MR) is 74.6 cm³/mol. The fourth-order valence-corrected chi connectivity index (χ4v) is 2.75. The molecule has 0 unspecified atom stereocenters. The number of thiophene rings is 1. The van der Waals surface area contributed by atoms with Crippen LogP contribution in [0.4, 0.5) is 5.82 Å². The minimum absolute atomic E-state index is 0.215. The number of aryl methyl sites for hydroxylation is 2. The summed E-state index contributed by atoms with van der Waals surface area (Å²) >= 11 is 7.38. The molecule has 2 aromatic heterocycles. The van der Waals surface area contributed by atoms with Crippen molar-refractivity contribution >= 4 is 34.7 Å². The number of nitrogens with one attached hydrogen (secondary N) is 2. The Morgan fingerprint density at radius 2 is 2.39 bits per heavy atom. The molecule has 4 nitrogen and oxygen atoms in total. The molecule has 0 aliphatic carbocycles. The van der Waals surface area contributed by atoms with Gasteiger partial charge in [-0.1, -0.05) is 24.9 Å². The van der Waals surface area contributed by atoms with Crippen LogP contribution < -0.4 is 5.32 Å². The first-order chi connectivity index (χ1) is 8.61. The lowest BCUT2D eigenvalue weighted by Gasteiger charge is -1.99. The van der Waals surface area contributed by atoms with Gasteiger partial charge in [0.25, 0.3) is 5.91 Å². The van der Waals surface area contributed by atoms with Gasteiger partial charge < -0.3 is 5.32 Å². The minimum Gasteiger partial charge on any atom is -0.304 e. The molecule has 2 N–H and O–H groups in total. The van der Waals surface area contributed by atoms with Crippen molar-refractivity contribution in [3.05, 3.63) is 32.6 Å². The number of carbonyl (C=O) groups is 1. The van der Waals surface area contributed by atoms with Crippen LogP contribution >= 0.6 is 22.9 Å². The van der Waals surface area contributed by atoms with Crippen LogP contribution in [-0.4, -0.2) is 16.1 Å². The molecule has 0 fully saturated rings. The van der Waals surface area contributed by atoms with E-state index in [1.165, 1.54) is 11.3 Å². The molecular formula is C12H14ClN3OS. The molecule has 2 rings (SSSR count). The van der Waals surface area contributed by atoms with E-state index in [-0.39, 0.29) is 5.91 Å². The highest BCUT2D eigenvalue weighted by Gasteiger charge is 2.15. The number of halogens is 1. The standard InChI is InChI=1S/C12H14ClN3OS/c1-3-4-8-5-9(16-15-8)14-12(17)11-10(13)7(2)6-18-11/h5-6H,3-4H2,1-2H3,(H2,14,15,16,17). The summed E-state index contributed by atoms with van der Waals surface area (Å²) in [7, 11) is 0. The van der Waals surface area contributed by atoms with Gasteiger partial charge in [-0.15, -0.1) is 11.3 Å². The van der Waals surface area contributed by atoms with E-state index in [2.05, 4.69) is 22.4 Å². The molecule has 0 aliphatic rings. The maximum absolute atomic E-state index is 12.0. The largest absolute Gasteiger partial charge is 0.304 e. The second kappa shape index (κ2) is 5.54. The van der Waals surface area contributed by atoms with Gasteiger partial charge in [-0.3, -0.25) is 9.89 Å². The van der Waals surface area contributed by atoms with Crippen molar-refractivity contribution < 1.29 is 4.79 Å². The van der Waals surface area contributed by atoms with Gasteiger partial charge in [0.05, 0.1) is 5.02 Å². The molecule has 18 heavy (non-hydrogen) atoms. The lowest BCUT2D eigenvalue weighted by molar-refractivity contribution is 0.103. The lowest BCUT2D eigenvalue weighted by atomic mass is 10.2. The molecule has 96 valence electrons. The van der Waals surface area contributed by atoms with Crippen LogP contribution in [0.3, 0.4) is 0 Å². The van der Waals surface area contributed by atoms with Gasteiger partial charge in [0.2, 0.25) is 0 Å². The molecule has 0 radical (unpaired) electrons. The Balaban J connectivity index is 2.09. The smallest absolute Gasteiger partial charge is 0.268 e. The fourth-order valence-electron chi connectivity index (χ4n) is 1.58. The lowest BCUT2D eigenvalue weighted by Crippen LogP contribution is -2.10. The number of hydrogen-bond acceptors (Lipinski definition) is 3. The number of hydrogen-bond donors (Lipinski definition) is 2. The van der Waals surface area contributed by atoms with Crippen molar-refractivity contribution in [1.82, 2.24) is 10.2 Å². The summed E-state index contributed by atoms with van der Waals surface area (Å²) < 4.78 is 0. The molecule has 0 atom stereocenters. The first-order valence-corrected chi connectivity index (χ1v) is 6.96. The van der Waals surface area contributed by atoms with E-state index in [0.717, 1.165) is 24.1 Å². The van der Waals surface area contributed by atoms with Gasteiger partial charge >= 0.3 is 0 Å². The van der Waals surface area contributed by atoms with Gasteiger partial charge in [0, 0.05) is 11.8 Å². The van der Waals surface area contributed by atoms with Crippen LogP contribution in [0.2, 0.25) is 5.02 Å². The summed E-state index contributed by atoms with van der Waals surface area (Å²) in [4.78, 5) is 12.5. The summed E-state index contributed by atoms with van der Waals surface area (Å²) in [5.74, 6) is 0.318. The van der Waals surface area contributed by atoms with Crippen LogP contribution in [0.15, 0.2) is 11.4 Å². The Labute approximate surface area is 114 Å². The molecule has 2 heterocycles. The van der Waals surface area contributed by atoms with Crippen LogP contribution in [0.1, 0.15) is 34.3 Å². The summed E-state index contributed by atoms with van der Waals surface area (Å²) in [5, 5.41) is 12.0. The summed E-state index contributed by atoms with van der Waals surface area (Å²) in [5.41, 5.74) is 1.93. The molecule has 0 saturated carbocycles. The Morgan fingerprint density at radius 3 is 3.00 bits per heavy atom. The average molecular weight is 284 g/mol. The SMILES string of the molecule is CCCc1cc(NC(=O)c2scc(C)c2Cl)n[nH]1. The van der Waals surface area contributed by atoms with Crippen molar-refractivity contribution in [3.8, 4) is 0 Å². The van der Waals surface area contributed by atoms with Crippen LogP contribution in [0.25, 0.3) is 0 Å². The second-order valence-corrected chi connectivity index (χ2v) is 5.30. The molecule has 0 aliphatic heterocycles. The predicted octanol–water partition coefficient (Wildman–Crippen LogP) is 3.64. The molecule has 0 saturated heterocycles. The van der Waals surface area contributed by atoms with E-state index in [1.807, 2.05) is 18.4 Å². The maximum atomic E-state index is 12.0. The Kier molecular flexibility index (Phi) is 4.04. The Bertz CT molecular complexity index is 561. The van der Waals surface area contributed by atoms with E-state index in [0.29, 0.717) is 15.7 Å². The van der Waals surface area contributed by atoms with Gasteiger partial charge in [-0.2, -0.15) is 5.10 Å². The zero-order valence-corrected chi connectivity index (χ0v) is 11.8. The third-order valence-corrected chi connectivity index (χ3v) is 4.19. The third kappa shape index (κ3) is 2.73. The number of amides is 1. The first kappa shape index (κ1) is 13.1. The second-order valence-electron chi connectivity index (χ2n) is 4.04. The molecule has 0 bridgehead atoms. The van der Waals surface area contributed by atoms with Gasteiger partial charge in [0.15, 0.2) is 5.82 Å². The molecule has 1 amide bonds. The normalized spacial score (nSPS) is 10.6. The first-order valence-electron chi connectivity index (χ1n) is 5.71. The van der Waals surface area contributed by atoms with Crippen molar-refractivity contribution in [3.63, 3.8) is 0 Å². The number of H-pyrrole nitrogens is 1. The highest BCUT2D eigenvalue weighted by Crippen LogP contribution is 2.27. The van der Waals surface area contributed by atoms with Crippen molar-refractivity contribution in [1.29, 1.82) is 0 Å². The van der Waals surface area contributed by atoms with E-state index in [1.54, 1.807) is 0 Å². The molecule has 0 spiro atoms. The fraction of sp³-hybridized carbons (Fsp3) is 0.333. The van der Waals surface area contributed by atoms with E-state index in [9.17, 15) is 4.79 Å². The zero-order chi connectivity index (χ0) is 13.1. The molecule has 2 aromatic rings. The Morgan fingerprint density at radius 1 is 1.61 bits per heavy atom. The zero-order valence-electron chi connectivity index (χ0n) is 10.2. The topological polar surface area (TPSA) is 57.8 Å². The molecular weight excluding hydrogens is 270 g/mol. The number of rotatable bonds is 4. The van der Waals surface area contributed by atoms with Crippen LogP contribution in [0.5, 0.6) is 0 Å². The minimum atomic E-state index is -0.215. The van der Waals surface area contributed by atoms with E-state index < -0.39 is 0 Å². The van der Waals surface area contributed by atoms with Crippen molar-refractivity contribution in [2.45, 2.75) is 26.7 Å². The van der Waals surface area contributed by atoms with Gasteiger partial charge in [0.1, 0.15) is 4.88 Å². The molecule has 6 heteroatoms. The number of nitrogens with zero attached hydrogens (tertiary/aromatic N) is 1. The summed E-state index contributed by atoms with van der Waals surface area (Å²) in [6, 6.07) is 1.84. The van der Waals surface area contributed by atoms with Crippen LogP contribution in [0, 0.1) is 6.92 Å². The summed E-state index contributed by atoms with van der Waals surface area (Å²) in [6.45, 7) is 3.97. The third-order valence-electron chi connectivity index (χ3n) is 2.50. The average Bonchev–Trinajstić information content (AvgIpc) is 2.89. The number of aromatic amines is 1. The maximum Gasteiger partial charge on any atom is 0.268 e.